The fourth-order valence-electron chi connectivity index (χ4n) is 3.40. The zero-order valence-electron chi connectivity index (χ0n) is 14.3. The molecule has 22 heavy (non-hydrogen) atoms. The summed E-state index contributed by atoms with van der Waals surface area (Å²) < 4.78 is 0. The number of rotatable bonds is 2. The third-order valence-electron chi connectivity index (χ3n) is 4.61. The highest BCUT2D eigenvalue weighted by molar-refractivity contribution is 5.66. The van der Waals surface area contributed by atoms with Gasteiger partial charge < -0.3 is 0 Å². The van der Waals surface area contributed by atoms with Gasteiger partial charge >= 0.3 is 0 Å². The van der Waals surface area contributed by atoms with Gasteiger partial charge in [0.2, 0.25) is 0 Å². The summed E-state index contributed by atoms with van der Waals surface area (Å²) in [5, 5.41) is 0. The van der Waals surface area contributed by atoms with Crippen molar-refractivity contribution in [1.29, 1.82) is 0 Å². The van der Waals surface area contributed by atoms with Crippen molar-refractivity contribution in [2.24, 2.45) is 5.92 Å². The van der Waals surface area contributed by atoms with Gasteiger partial charge in [0.25, 0.3) is 0 Å². The minimum atomic E-state index is 0.568. The first-order valence-electron chi connectivity index (χ1n) is 8.24. The first kappa shape index (κ1) is 15.0. The van der Waals surface area contributed by atoms with E-state index in [1.165, 1.54) is 33.5 Å². The second-order valence-electron chi connectivity index (χ2n) is 7.03. The van der Waals surface area contributed by atoms with Crippen molar-refractivity contribution >= 4 is 6.08 Å². The summed E-state index contributed by atoms with van der Waals surface area (Å²) in [4.78, 5) is 4.97. The van der Waals surface area contributed by atoms with Gasteiger partial charge in [-0.2, -0.15) is 0 Å². The SMILES string of the molecule is Cc1cc(C)cc(-c2ccc3c(n2)C=C(C(C)C)CC3C)c1. The summed E-state index contributed by atoms with van der Waals surface area (Å²) in [7, 11) is 0. The molecule has 0 N–H and O–H groups in total. The van der Waals surface area contributed by atoms with Crippen LogP contribution in [0.4, 0.5) is 0 Å². The highest BCUT2D eigenvalue weighted by Gasteiger charge is 2.20. The van der Waals surface area contributed by atoms with Crippen molar-refractivity contribution in [2.75, 3.05) is 0 Å². The van der Waals surface area contributed by atoms with Crippen LogP contribution < -0.4 is 0 Å². The number of allylic oxidation sites excluding steroid dienone is 1. The van der Waals surface area contributed by atoms with Crippen LogP contribution in [0, 0.1) is 19.8 Å². The number of nitrogens with zero attached hydrogens (tertiary/aromatic N) is 1. The molecule has 0 saturated heterocycles. The van der Waals surface area contributed by atoms with E-state index in [1.807, 2.05) is 0 Å². The van der Waals surface area contributed by atoms with E-state index < -0.39 is 0 Å². The second-order valence-corrected chi connectivity index (χ2v) is 7.03. The van der Waals surface area contributed by atoms with Gasteiger partial charge in [-0.1, -0.05) is 49.6 Å². The van der Waals surface area contributed by atoms with E-state index in [9.17, 15) is 0 Å². The molecule has 0 fully saturated rings. The minimum Gasteiger partial charge on any atom is -0.248 e. The number of aromatic nitrogens is 1. The Bertz CT molecular complexity index is 717. The average Bonchev–Trinajstić information content (AvgIpc) is 2.45. The monoisotopic (exact) mass is 291 g/mol. The normalized spacial score (nSPS) is 17.4. The van der Waals surface area contributed by atoms with Crippen LogP contribution in [0.2, 0.25) is 0 Å². The zero-order chi connectivity index (χ0) is 15.9. The van der Waals surface area contributed by atoms with Crippen molar-refractivity contribution in [3.63, 3.8) is 0 Å². The van der Waals surface area contributed by atoms with Crippen molar-refractivity contribution in [3.8, 4) is 11.3 Å². The highest BCUT2D eigenvalue weighted by atomic mass is 14.7. The van der Waals surface area contributed by atoms with Gasteiger partial charge in [0, 0.05) is 5.56 Å². The molecule has 1 aliphatic rings. The minimum absolute atomic E-state index is 0.568. The molecule has 0 bridgehead atoms. The van der Waals surface area contributed by atoms with Crippen molar-refractivity contribution in [1.82, 2.24) is 4.98 Å². The Kier molecular flexibility index (Phi) is 3.90. The van der Waals surface area contributed by atoms with Crippen LogP contribution in [0.15, 0.2) is 35.9 Å². The molecule has 1 unspecified atom stereocenters. The van der Waals surface area contributed by atoms with Gasteiger partial charge in [0.15, 0.2) is 0 Å². The van der Waals surface area contributed by atoms with E-state index in [2.05, 4.69) is 71.0 Å². The molecular formula is C21H25N. The maximum absolute atomic E-state index is 4.97. The van der Waals surface area contributed by atoms with Gasteiger partial charge in [-0.05, 0) is 61.9 Å². The molecule has 2 aromatic rings. The third-order valence-corrected chi connectivity index (χ3v) is 4.61. The molecule has 1 aromatic carbocycles. The van der Waals surface area contributed by atoms with Crippen LogP contribution in [0.1, 0.15) is 55.5 Å². The Labute approximate surface area is 134 Å². The van der Waals surface area contributed by atoms with Crippen LogP contribution in [-0.2, 0) is 0 Å². The molecule has 1 aromatic heterocycles. The Balaban J connectivity index is 2.09. The molecule has 0 amide bonds. The molecule has 0 aliphatic heterocycles. The van der Waals surface area contributed by atoms with Crippen LogP contribution in [-0.4, -0.2) is 4.98 Å². The second kappa shape index (κ2) is 5.72. The van der Waals surface area contributed by atoms with Crippen molar-refractivity contribution in [3.05, 3.63) is 58.3 Å². The summed E-state index contributed by atoms with van der Waals surface area (Å²) in [5.74, 6) is 1.17. The molecule has 3 rings (SSSR count). The Morgan fingerprint density at radius 3 is 2.36 bits per heavy atom. The van der Waals surface area contributed by atoms with Crippen LogP contribution in [0.5, 0.6) is 0 Å². The van der Waals surface area contributed by atoms with Crippen LogP contribution in [0.3, 0.4) is 0 Å². The summed E-state index contributed by atoms with van der Waals surface area (Å²) in [6.07, 6.45) is 3.47. The van der Waals surface area contributed by atoms with Gasteiger partial charge in [-0.25, -0.2) is 4.98 Å². The predicted molar refractivity (Wildman–Crippen MR) is 95.0 cm³/mol. The lowest BCUT2D eigenvalue weighted by molar-refractivity contribution is 0.644. The molecule has 0 saturated carbocycles. The van der Waals surface area contributed by atoms with E-state index in [1.54, 1.807) is 0 Å². The van der Waals surface area contributed by atoms with E-state index >= 15 is 0 Å². The molecule has 1 heterocycles. The van der Waals surface area contributed by atoms with Gasteiger partial charge in [0.1, 0.15) is 0 Å². The number of aryl methyl sites for hydroxylation is 2. The lowest BCUT2D eigenvalue weighted by Gasteiger charge is -2.24. The molecular weight excluding hydrogens is 266 g/mol. The zero-order valence-corrected chi connectivity index (χ0v) is 14.3. The Morgan fingerprint density at radius 1 is 1.05 bits per heavy atom. The molecule has 0 radical (unpaired) electrons. The standard InChI is InChI=1S/C21H25N/c1-13(2)17-11-16(5)19-6-7-20(22-21(19)12-17)18-9-14(3)8-15(4)10-18/h6-10,12-13,16H,11H2,1-5H3. The lowest BCUT2D eigenvalue weighted by Crippen LogP contribution is -2.09. The van der Waals surface area contributed by atoms with Crippen molar-refractivity contribution < 1.29 is 0 Å². The van der Waals surface area contributed by atoms with Crippen molar-refractivity contribution in [2.45, 2.75) is 47.0 Å². The Hall–Kier alpha value is -1.89. The van der Waals surface area contributed by atoms with E-state index in [4.69, 9.17) is 4.98 Å². The highest BCUT2D eigenvalue weighted by Crippen LogP contribution is 2.36. The van der Waals surface area contributed by atoms with Crippen LogP contribution in [0.25, 0.3) is 17.3 Å². The quantitative estimate of drug-likeness (QED) is 0.670. The molecule has 1 atom stereocenters. The molecule has 1 nitrogen and oxygen atoms in total. The van der Waals surface area contributed by atoms with E-state index in [-0.39, 0.29) is 0 Å². The number of hydrogen-bond acceptors (Lipinski definition) is 1. The molecule has 114 valence electrons. The number of benzene rings is 1. The summed E-state index contributed by atoms with van der Waals surface area (Å²) in [5.41, 5.74) is 8.96. The molecule has 0 spiro atoms. The lowest BCUT2D eigenvalue weighted by atomic mass is 9.82. The topological polar surface area (TPSA) is 12.9 Å². The summed E-state index contributed by atoms with van der Waals surface area (Å²) >= 11 is 0. The fourth-order valence-corrected chi connectivity index (χ4v) is 3.40. The molecule has 1 heteroatoms. The van der Waals surface area contributed by atoms with Gasteiger partial charge in [-0.3, -0.25) is 0 Å². The predicted octanol–water partition coefficient (Wildman–Crippen LogP) is 5.91. The van der Waals surface area contributed by atoms with Gasteiger partial charge in [0.05, 0.1) is 11.4 Å². The average molecular weight is 291 g/mol. The van der Waals surface area contributed by atoms with E-state index in [0.717, 1.165) is 12.1 Å². The fraction of sp³-hybridized carbons (Fsp3) is 0.381. The van der Waals surface area contributed by atoms with Crippen LogP contribution >= 0.6 is 0 Å². The summed E-state index contributed by atoms with van der Waals surface area (Å²) in [6, 6.07) is 11.1. The number of fused-ring (bicyclic) bond motifs is 1. The third kappa shape index (κ3) is 2.85. The maximum atomic E-state index is 4.97. The van der Waals surface area contributed by atoms with Gasteiger partial charge in [-0.15, -0.1) is 0 Å². The number of hydrogen-bond donors (Lipinski definition) is 0. The first-order chi connectivity index (χ1) is 10.4. The smallest absolute Gasteiger partial charge is 0.0709 e. The molecule has 1 aliphatic carbocycles. The number of pyridine rings is 1. The first-order valence-corrected chi connectivity index (χ1v) is 8.24. The Morgan fingerprint density at radius 2 is 1.73 bits per heavy atom. The summed E-state index contributed by atoms with van der Waals surface area (Å²) in [6.45, 7) is 11.2. The maximum Gasteiger partial charge on any atom is 0.0709 e. The largest absolute Gasteiger partial charge is 0.248 e. The van der Waals surface area contributed by atoms with E-state index in [0.29, 0.717) is 11.8 Å².